The van der Waals surface area contributed by atoms with Crippen molar-refractivity contribution < 1.29 is 8.42 Å². The van der Waals surface area contributed by atoms with Crippen LogP contribution in [0.25, 0.3) is 0 Å². The molecule has 0 bridgehead atoms. The molecule has 21 heavy (non-hydrogen) atoms. The number of nitrogens with zero attached hydrogens (tertiary/aromatic N) is 3. The van der Waals surface area contributed by atoms with Crippen molar-refractivity contribution in [2.24, 2.45) is 14.1 Å². The number of hydrogen-bond acceptors (Lipinski definition) is 5. The molecule has 2 aromatic heterocycles. The molecule has 0 aliphatic heterocycles. The van der Waals surface area contributed by atoms with Crippen molar-refractivity contribution in [1.29, 1.82) is 0 Å². The van der Waals surface area contributed by atoms with Gasteiger partial charge >= 0.3 is 5.69 Å². The summed E-state index contributed by atoms with van der Waals surface area (Å²) in [6.45, 7) is 1.81. The van der Waals surface area contributed by atoms with Gasteiger partial charge in [0, 0.05) is 26.5 Å². The Morgan fingerprint density at radius 1 is 1.19 bits per heavy atom. The van der Waals surface area contributed by atoms with Gasteiger partial charge in [-0.2, -0.15) is 0 Å². The topological polar surface area (TPSA) is 103 Å². The molecular formula is C12H14N4O4S. The van der Waals surface area contributed by atoms with Crippen LogP contribution in [0.2, 0.25) is 0 Å². The molecule has 2 aromatic rings. The Hall–Kier alpha value is -2.42. The van der Waals surface area contributed by atoms with Gasteiger partial charge in [-0.1, -0.05) is 6.07 Å². The number of aromatic nitrogens is 3. The summed E-state index contributed by atoms with van der Waals surface area (Å²) in [7, 11) is -1.54. The van der Waals surface area contributed by atoms with E-state index in [1.165, 1.54) is 26.4 Å². The van der Waals surface area contributed by atoms with Crippen molar-refractivity contribution in [3.63, 3.8) is 0 Å². The minimum Gasteiger partial charge on any atom is -0.302 e. The van der Waals surface area contributed by atoms with E-state index >= 15 is 0 Å². The summed E-state index contributed by atoms with van der Waals surface area (Å²) in [5.41, 5.74) is -0.624. The minimum absolute atomic E-state index is 0.0940. The molecule has 0 radical (unpaired) electrons. The van der Waals surface area contributed by atoms with Crippen LogP contribution in [0.4, 0.5) is 5.82 Å². The van der Waals surface area contributed by atoms with E-state index in [9.17, 15) is 18.0 Å². The second-order valence-electron chi connectivity index (χ2n) is 4.58. The fourth-order valence-electron chi connectivity index (χ4n) is 1.68. The predicted octanol–water partition coefficient (Wildman–Crippen LogP) is -0.412. The third-order valence-corrected chi connectivity index (χ3v) is 4.19. The van der Waals surface area contributed by atoms with Crippen molar-refractivity contribution >= 4 is 15.8 Å². The third-order valence-electron chi connectivity index (χ3n) is 2.85. The van der Waals surface area contributed by atoms with Crippen LogP contribution >= 0.6 is 0 Å². The largest absolute Gasteiger partial charge is 0.330 e. The maximum absolute atomic E-state index is 12.2. The lowest BCUT2D eigenvalue weighted by atomic mass is 10.3. The number of aryl methyl sites for hydroxylation is 2. The molecule has 0 saturated heterocycles. The van der Waals surface area contributed by atoms with E-state index < -0.39 is 26.2 Å². The number of rotatable bonds is 3. The molecule has 0 aliphatic carbocycles. The molecule has 2 heterocycles. The molecule has 0 fully saturated rings. The highest BCUT2D eigenvalue weighted by molar-refractivity contribution is 7.92. The highest BCUT2D eigenvalue weighted by Gasteiger charge is 2.21. The van der Waals surface area contributed by atoms with Crippen molar-refractivity contribution in [2.45, 2.75) is 11.8 Å². The summed E-state index contributed by atoms with van der Waals surface area (Å²) >= 11 is 0. The summed E-state index contributed by atoms with van der Waals surface area (Å²) in [4.78, 5) is 26.9. The third kappa shape index (κ3) is 2.87. The zero-order valence-corrected chi connectivity index (χ0v) is 12.5. The Morgan fingerprint density at radius 3 is 2.43 bits per heavy atom. The average Bonchev–Trinajstić information content (AvgIpc) is 2.42. The molecule has 112 valence electrons. The van der Waals surface area contributed by atoms with Gasteiger partial charge in [0.25, 0.3) is 15.6 Å². The van der Waals surface area contributed by atoms with E-state index in [0.717, 1.165) is 20.9 Å². The lowest BCUT2D eigenvalue weighted by molar-refractivity contribution is 0.589. The van der Waals surface area contributed by atoms with Gasteiger partial charge in [-0.05, 0) is 18.6 Å². The minimum atomic E-state index is -4.12. The Labute approximate surface area is 120 Å². The molecule has 9 heteroatoms. The maximum Gasteiger partial charge on any atom is 0.330 e. The van der Waals surface area contributed by atoms with E-state index in [2.05, 4.69) is 9.71 Å². The highest BCUT2D eigenvalue weighted by atomic mass is 32.2. The number of sulfonamides is 1. The Kier molecular flexibility index (Phi) is 3.69. The maximum atomic E-state index is 12.2. The van der Waals surface area contributed by atoms with Gasteiger partial charge in [0.2, 0.25) is 0 Å². The lowest BCUT2D eigenvalue weighted by Gasteiger charge is -2.09. The number of hydrogen-bond donors (Lipinski definition) is 1. The van der Waals surface area contributed by atoms with Crippen LogP contribution in [-0.2, 0) is 24.1 Å². The molecule has 2 rings (SSSR count). The molecule has 1 N–H and O–H groups in total. The molecule has 0 aliphatic rings. The first-order chi connectivity index (χ1) is 9.72. The predicted molar refractivity (Wildman–Crippen MR) is 76.7 cm³/mol. The zero-order valence-electron chi connectivity index (χ0n) is 11.7. The van der Waals surface area contributed by atoms with Crippen LogP contribution in [-0.4, -0.2) is 22.5 Å². The summed E-state index contributed by atoms with van der Waals surface area (Å²) in [6, 6.07) is 3.17. The first kappa shape index (κ1) is 15.0. The van der Waals surface area contributed by atoms with Crippen LogP contribution < -0.4 is 16.0 Å². The summed E-state index contributed by atoms with van der Waals surface area (Å²) in [5.74, 6) is 0.0940. The van der Waals surface area contributed by atoms with Crippen LogP contribution in [0.15, 0.2) is 39.0 Å². The van der Waals surface area contributed by atoms with E-state index in [0.29, 0.717) is 0 Å². The standard InChI is InChI=1S/C12H14N4O4S/c1-8-4-5-10(13-6-8)14-21(19,20)9-7-15(2)12(18)16(3)11(9)17/h4-7H,1-3H3,(H,13,14). The molecule has 0 aromatic carbocycles. The van der Waals surface area contributed by atoms with Crippen molar-refractivity contribution in [3.05, 3.63) is 50.9 Å². The summed E-state index contributed by atoms with van der Waals surface area (Å²) in [5, 5.41) is 0. The second-order valence-corrected chi connectivity index (χ2v) is 6.23. The fourth-order valence-corrected chi connectivity index (χ4v) is 2.85. The first-order valence-corrected chi connectivity index (χ1v) is 7.43. The number of anilines is 1. The van der Waals surface area contributed by atoms with Gasteiger partial charge in [-0.3, -0.25) is 14.1 Å². The monoisotopic (exact) mass is 310 g/mol. The van der Waals surface area contributed by atoms with E-state index in [4.69, 9.17) is 0 Å². The first-order valence-electron chi connectivity index (χ1n) is 5.94. The van der Waals surface area contributed by atoms with Gasteiger partial charge in [-0.25, -0.2) is 18.2 Å². The van der Waals surface area contributed by atoms with E-state index in [-0.39, 0.29) is 5.82 Å². The van der Waals surface area contributed by atoms with Crippen molar-refractivity contribution in [3.8, 4) is 0 Å². The van der Waals surface area contributed by atoms with Gasteiger partial charge in [0.15, 0.2) is 4.90 Å². The van der Waals surface area contributed by atoms with E-state index in [1.54, 1.807) is 6.07 Å². The molecular weight excluding hydrogens is 296 g/mol. The quantitative estimate of drug-likeness (QED) is 0.830. The summed E-state index contributed by atoms with van der Waals surface area (Å²) < 4.78 is 28.5. The van der Waals surface area contributed by atoms with Gasteiger partial charge in [0.05, 0.1) is 0 Å². The lowest BCUT2D eigenvalue weighted by Crippen LogP contribution is -2.40. The zero-order chi connectivity index (χ0) is 15.8. The molecule has 0 saturated carbocycles. The van der Waals surface area contributed by atoms with Gasteiger partial charge in [-0.15, -0.1) is 0 Å². The highest BCUT2D eigenvalue weighted by Crippen LogP contribution is 2.10. The summed E-state index contributed by atoms with van der Waals surface area (Å²) in [6.07, 6.45) is 2.48. The Bertz CT molecular complexity index is 894. The van der Waals surface area contributed by atoms with E-state index in [1.807, 2.05) is 6.92 Å². The van der Waals surface area contributed by atoms with Crippen LogP contribution in [0.3, 0.4) is 0 Å². The van der Waals surface area contributed by atoms with Crippen LogP contribution in [0.5, 0.6) is 0 Å². The molecule has 0 atom stereocenters. The molecule has 0 spiro atoms. The number of pyridine rings is 1. The van der Waals surface area contributed by atoms with Crippen molar-refractivity contribution in [1.82, 2.24) is 14.1 Å². The molecule has 0 unspecified atom stereocenters. The second kappa shape index (κ2) is 5.17. The SMILES string of the molecule is Cc1ccc(NS(=O)(=O)c2cn(C)c(=O)n(C)c2=O)nc1. The van der Waals surface area contributed by atoms with Crippen LogP contribution in [0.1, 0.15) is 5.56 Å². The van der Waals surface area contributed by atoms with Crippen LogP contribution in [0, 0.1) is 6.92 Å². The normalized spacial score (nSPS) is 11.4. The average molecular weight is 310 g/mol. The smallest absolute Gasteiger partial charge is 0.302 e. The fraction of sp³-hybridized carbons (Fsp3) is 0.250. The van der Waals surface area contributed by atoms with Crippen molar-refractivity contribution in [2.75, 3.05) is 4.72 Å². The van der Waals surface area contributed by atoms with Gasteiger partial charge in [0.1, 0.15) is 5.82 Å². The number of nitrogens with one attached hydrogen (secondary N) is 1. The van der Waals surface area contributed by atoms with Gasteiger partial charge < -0.3 is 4.57 Å². The Morgan fingerprint density at radius 2 is 1.86 bits per heavy atom. The Balaban J connectivity index is 2.53. The molecule has 0 amide bonds. The molecule has 8 nitrogen and oxygen atoms in total.